The van der Waals surface area contributed by atoms with Crippen LogP contribution in [0.25, 0.3) is 5.65 Å². The maximum Gasteiger partial charge on any atom is 0.243 e. The Kier molecular flexibility index (Phi) is 2.91. The Morgan fingerprint density at radius 2 is 2.33 bits per heavy atom. The van der Waals surface area contributed by atoms with E-state index in [0.717, 1.165) is 23.8 Å². The molecule has 0 aromatic carbocycles. The molecular weight excluding hydrogens is 226 g/mol. The third-order valence-electron chi connectivity index (χ3n) is 3.63. The normalized spacial score (nSPS) is 24.3. The molecule has 2 unspecified atom stereocenters. The van der Waals surface area contributed by atoms with Crippen LogP contribution in [0, 0.1) is 6.92 Å². The van der Waals surface area contributed by atoms with Gasteiger partial charge in [-0.3, -0.25) is 0 Å². The Labute approximate surface area is 107 Å². The van der Waals surface area contributed by atoms with Crippen LogP contribution in [0.1, 0.15) is 25.5 Å². The summed E-state index contributed by atoms with van der Waals surface area (Å²) in [5.74, 6) is 0.727. The number of aryl methyl sites for hydroxylation is 1. The number of nitrogens with zero attached hydrogens (tertiary/aromatic N) is 3. The average molecular weight is 245 g/mol. The number of piperidine rings is 1. The summed E-state index contributed by atoms with van der Waals surface area (Å²) in [5, 5.41) is 11.4. The Balaban J connectivity index is 1.84. The summed E-state index contributed by atoms with van der Waals surface area (Å²) in [5.41, 5.74) is 2.00. The fourth-order valence-electron chi connectivity index (χ4n) is 2.50. The van der Waals surface area contributed by atoms with Crippen LogP contribution in [0.3, 0.4) is 0 Å². The molecule has 1 fully saturated rings. The minimum absolute atomic E-state index is 0.413. The minimum Gasteiger partial charge on any atom is -0.349 e. The highest BCUT2D eigenvalue weighted by Crippen LogP contribution is 2.14. The van der Waals surface area contributed by atoms with Crippen molar-refractivity contribution in [3.63, 3.8) is 0 Å². The Bertz CT molecular complexity index is 547. The van der Waals surface area contributed by atoms with E-state index in [9.17, 15) is 0 Å². The van der Waals surface area contributed by atoms with E-state index in [1.165, 1.54) is 12.8 Å². The van der Waals surface area contributed by atoms with Gasteiger partial charge in [0, 0.05) is 17.8 Å². The Morgan fingerprint density at radius 1 is 1.44 bits per heavy atom. The van der Waals surface area contributed by atoms with E-state index < -0.39 is 0 Å². The standard InChI is InChI=1S/C13H19N5/c1-9-5-3-7-12-16-13(17-18(9)12)15-11-6-4-8-14-10(11)2/h3,5,7,10-11,14H,4,6,8H2,1-2H3,(H,15,17). The summed E-state index contributed by atoms with van der Waals surface area (Å²) >= 11 is 0. The number of hydrogen-bond donors (Lipinski definition) is 2. The van der Waals surface area contributed by atoms with Crippen molar-refractivity contribution < 1.29 is 0 Å². The van der Waals surface area contributed by atoms with Gasteiger partial charge in [0.05, 0.1) is 0 Å². The second-order valence-electron chi connectivity index (χ2n) is 5.01. The zero-order chi connectivity index (χ0) is 12.5. The molecule has 2 aromatic heterocycles. The zero-order valence-electron chi connectivity index (χ0n) is 10.8. The van der Waals surface area contributed by atoms with E-state index >= 15 is 0 Å². The van der Waals surface area contributed by atoms with E-state index in [-0.39, 0.29) is 0 Å². The largest absolute Gasteiger partial charge is 0.349 e. The van der Waals surface area contributed by atoms with E-state index in [1.54, 1.807) is 0 Å². The van der Waals surface area contributed by atoms with Gasteiger partial charge in [0.25, 0.3) is 0 Å². The Morgan fingerprint density at radius 3 is 3.11 bits per heavy atom. The summed E-state index contributed by atoms with van der Waals surface area (Å²) in [7, 11) is 0. The molecule has 5 heteroatoms. The maximum atomic E-state index is 4.52. The van der Waals surface area contributed by atoms with Crippen LogP contribution in [0.15, 0.2) is 18.2 Å². The first kappa shape index (κ1) is 11.5. The fourth-order valence-corrected chi connectivity index (χ4v) is 2.50. The summed E-state index contributed by atoms with van der Waals surface area (Å²) in [6.45, 7) is 5.35. The number of aromatic nitrogens is 3. The lowest BCUT2D eigenvalue weighted by Gasteiger charge is -2.30. The van der Waals surface area contributed by atoms with Gasteiger partial charge >= 0.3 is 0 Å². The van der Waals surface area contributed by atoms with Gasteiger partial charge in [0.1, 0.15) is 0 Å². The second-order valence-corrected chi connectivity index (χ2v) is 5.01. The van der Waals surface area contributed by atoms with Crippen molar-refractivity contribution in [2.45, 2.75) is 38.8 Å². The first-order valence-electron chi connectivity index (χ1n) is 6.56. The number of pyridine rings is 1. The number of anilines is 1. The molecule has 2 N–H and O–H groups in total. The van der Waals surface area contributed by atoms with E-state index in [0.29, 0.717) is 12.1 Å². The predicted molar refractivity (Wildman–Crippen MR) is 71.8 cm³/mol. The van der Waals surface area contributed by atoms with Crippen molar-refractivity contribution in [1.82, 2.24) is 19.9 Å². The van der Waals surface area contributed by atoms with Crippen molar-refractivity contribution >= 4 is 11.6 Å². The molecule has 0 aliphatic carbocycles. The summed E-state index contributed by atoms with van der Waals surface area (Å²) in [6.07, 6.45) is 2.37. The first-order valence-corrected chi connectivity index (χ1v) is 6.56. The molecule has 0 radical (unpaired) electrons. The lowest BCUT2D eigenvalue weighted by Crippen LogP contribution is -2.46. The molecule has 0 bridgehead atoms. The van der Waals surface area contributed by atoms with Crippen molar-refractivity contribution in [2.75, 3.05) is 11.9 Å². The quantitative estimate of drug-likeness (QED) is 0.843. The molecule has 5 nitrogen and oxygen atoms in total. The van der Waals surface area contributed by atoms with Crippen molar-refractivity contribution in [1.29, 1.82) is 0 Å². The monoisotopic (exact) mass is 245 g/mol. The van der Waals surface area contributed by atoms with Crippen LogP contribution >= 0.6 is 0 Å². The SMILES string of the molecule is Cc1cccc2nc(NC3CCCNC3C)nn12. The van der Waals surface area contributed by atoms with Gasteiger partial charge in [-0.1, -0.05) is 6.07 Å². The van der Waals surface area contributed by atoms with Crippen LogP contribution in [-0.2, 0) is 0 Å². The second kappa shape index (κ2) is 4.57. The molecular formula is C13H19N5. The minimum atomic E-state index is 0.413. The number of hydrogen-bond acceptors (Lipinski definition) is 4. The summed E-state index contributed by atoms with van der Waals surface area (Å²) in [4.78, 5) is 4.52. The molecule has 1 saturated heterocycles. The van der Waals surface area contributed by atoms with Crippen LogP contribution in [0.5, 0.6) is 0 Å². The molecule has 3 heterocycles. The van der Waals surface area contributed by atoms with Gasteiger partial charge in [0.15, 0.2) is 5.65 Å². The van der Waals surface area contributed by atoms with Gasteiger partial charge < -0.3 is 10.6 Å². The molecule has 0 spiro atoms. The van der Waals surface area contributed by atoms with Crippen LogP contribution in [0.2, 0.25) is 0 Å². The molecule has 1 aliphatic heterocycles. The van der Waals surface area contributed by atoms with E-state index in [4.69, 9.17) is 0 Å². The molecule has 3 rings (SSSR count). The number of fused-ring (bicyclic) bond motifs is 1. The molecule has 0 saturated carbocycles. The predicted octanol–water partition coefficient (Wildman–Crippen LogP) is 1.59. The summed E-state index contributed by atoms with van der Waals surface area (Å²) in [6, 6.07) is 6.90. The topological polar surface area (TPSA) is 54.2 Å². The Hall–Kier alpha value is -1.62. The van der Waals surface area contributed by atoms with Gasteiger partial charge in [-0.25, -0.2) is 4.52 Å². The molecule has 2 atom stereocenters. The van der Waals surface area contributed by atoms with Gasteiger partial charge in [-0.05, 0) is 45.4 Å². The fraction of sp³-hybridized carbons (Fsp3) is 0.538. The molecule has 18 heavy (non-hydrogen) atoms. The third kappa shape index (κ3) is 2.06. The van der Waals surface area contributed by atoms with Crippen molar-refractivity contribution in [2.24, 2.45) is 0 Å². The van der Waals surface area contributed by atoms with Gasteiger partial charge in [-0.2, -0.15) is 4.98 Å². The summed E-state index contributed by atoms with van der Waals surface area (Å²) < 4.78 is 1.88. The molecule has 2 aromatic rings. The lowest BCUT2D eigenvalue weighted by atomic mass is 10.0. The van der Waals surface area contributed by atoms with Gasteiger partial charge in [-0.15, -0.1) is 5.10 Å². The highest BCUT2D eigenvalue weighted by atomic mass is 15.4. The first-order chi connectivity index (χ1) is 8.74. The van der Waals surface area contributed by atoms with E-state index in [1.807, 2.05) is 29.6 Å². The average Bonchev–Trinajstić information content (AvgIpc) is 2.76. The highest BCUT2D eigenvalue weighted by molar-refractivity contribution is 5.44. The van der Waals surface area contributed by atoms with Crippen molar-refractivity contribution in [3.8, 4) is 0 Å². The van der Waals surface area contributed by atoms with E-state index in [2.05, 4.69) is 27.6 Å². The molecule has 96 valence electrons. The number of rotatable bonds is 2. The maximum absolute atomic E-state index is 4.52. The van der Waals surface area contributed by atoms with Gasteiger partial charge in [0.2, 0.25) is 5.95 Å². The number of nitrogens with one attached hydrogen (secondary N) is 2. The highest BCUT2D eigenvalue weighted by Gasteiger charge is 2.21. The molecule has 0 amide bonds. The third-order valence-corrected chi connectivity index (χ3v) is 3.63. The van der Waals surface area contributed by atoms with Crippen LogP contribution in [0.4, 0.5) is 5.95 Å². The smallest absolute Gasteiger partial charge is 0.243 e. The lowest BCUT2D eigenvalue weighted by molar-refractivity contribution is 0.388. The van der Waals surface area contributed by atoms with Crippen molar-refractivity contribution in [3.05, 3.63) is 23.9 Å². The zero-order valence-corrected chi connectivity index (χ0v) is 10.8. The molecule has 1 aliphatic rings. The van der Waals surface area contributed by atoms with Crippen LogP contribution in [-0.4, -0.2) is 33.2 Å². The van der Waals surface area contributed by atoms with Crippen LogP contribution < -0.4 is 10.6 Å².